The topological polar surface area (TPSA) is 12.0 Å². The monoisotopic (exact) mass is 203 g/mol. The van der Waals surface area contributed by atoms with Gasteiger partial charge in [-0.15, -0.1) is 0 Å². The Hall–Kier alpha value is -1.07. The highest BCUT2D eigenvalue weighted by Crippen LogP contribution is 2.24. The second-order valence-corrected chi connectivity index (χ2v) is 4.65. The molecular formula is C12H14NP. The number of para-hydroxylation sites is 1. The van der Waals surface area contributed by atoms with Gasteiger partial charge in [0.05, 0.1) is 5.78 Å². The van der Waals surface area contributed by atoms with Crippen molar-refractivity contribution in [3.05, 3.63) is 54.6 Å². The minimum Gasteiger partial charge on any atom is -0.375 e. The summed E-state index contributed by atoms with van der Waals surface area (Å²) in [5, 5.41) is 3.51. The molecule has 2 rings (SSSR count). The Kier molecular flexibility index (Phi) is 3.37. The molecule has 2 heteroatoms. The van der Waals surface area contributed by atoms with Gasteiger partial charge in [-0.3, -0.25) is 0 Å². The van der Waals surface area contributed by atoms with E-state index >= 15 is 0 Å². The van der Waals surface area contributed by atoms with Crippen LogP contribution in [0, 0.1) is 0 Å². The number of allylic oxidation sites excluding steroid dienone is 3. The van der Waals surface area contributed by atoms with Gasteiger partial charge in [0.2, 0.25) is 0 Å². The van der Waals surface area contributed by atoms with Crippen molar-refractivity contribution in [1.82, 2.24) is 0 Å². The number of rotatable bonds is 2. The molecule has 0 radical (unpaired) electrons. The van der Waals surface area contributed by atoms with E-state index in [-0.39, 0.29) is 0 Å². The molecule has 1 heterocycles. The first-order valence-corrected chi connectivity index (χ1v) is 6.12. The van der Waals surface area contributed by atoms with Crippen LogP contribution in [0.15, 0.2) is 54.6 Å². The fraction of sp³-hybridized carbons (Fsp3) is 0.167. The van der Waals surface area contributed by atoms with Crippen LogP contribution in [-0.2, 0) is 0 Å². The van der Waals surface area contributed by atoms with E-state index in [0.717, 1.165) is 8.58 Å². The van der Waals surface area contributed by atoms with E-state index < -0.39 is 0 Å². The Balaban J connectivity index is 1.98. The molecule has 0 bridgehead atoms. The third-order valence-electron chi connectivity index (χ3n) is 2.10. The highest BCUT2D eigenvalue weighted by atomic mass is 31.1. The van der Waals surface area contributed by atoms with Gasteiger partial charge in [-0.05, 0) is 18.3 Å². The van der Waals surface area contributed by atoms with Crippen LogP contribution in [-0.4, -0.2) is 11.9 Å². The predicted molar refractivity (Wildman–Crippen MR) is 65.3 cm³/mol. The minimum absolute atomic E-state index is 0.493. The van der Waals surface area contributed by atoms with Crippen LogP contribution in [0.4, 0.5) is 5.69 Å². The molecule has 0 saturated carbocycles. The summed E-state index contributed by atoms with van der Waals surface area (Å²) < 4.78 is 0. The van der Waals surface area contributed by atoms with Gasteiger partial charge in [-0.1, -0.05) is 51.1 Å². The summed E-state index contributed by atoms with van der Waals surface area (Å²) >= 11 is 0. The molecule has 1 nitrogen and oxygen atoms in total. The van der Waals surface area contributed by atoms with Crippen molar-refractivity contribution >= 4 is 14.3 Å². The van der Waals surface area contributed by atoms with Crippen molar-refractivity contribution < 1.29 is 0 Å². The van der Waals surface area contributed by atoms with Crippen molar-refractivity contribution in [2.45, 2.75) is 5.78 Å². The SMILES string of the molecule is C1=CCPC(Nc2ccccc2)C=C1. The number of anilines is 1. The van der Waals surface area contributed by atoms with Crippen molar-refractivity contribution in [3.8, 4) is 0 Å². The molecule has 72 valence electrons. The van der Waals surface area contributed by atoms with Crippen molar-refractivity contribution in [3.63, 3.8) is 0 Å². The van der Waals surface area contributed by atoms with E-state index in [1.54, 1.807) is 0 Å². The van der Waals surface area contributed by atoms with Crippen LogP contribution in [0.2, 0.25) is 0 Å². The van der Waals surface area contributed by atoms with Gasteiger partial charge in [0, 0.05) is 5.69 Å². The largest absolute Gasteiger partial charge is 0.375 e. The smallest absolute Gasteiger partial charge is 0.0618 e. The molecule has 0 aliphatic carbocycles. The highest BCUT2D eigenvalue weighted by Gasteiger charge is 2.03. The number of benzene rings is 1. The second kappa shape index (κ2) is 4.97. The maximum atomic E-state index is 3.51. The molecule has 1 N–H and O–H groups in total. The third kappa shape index (κ3) is 2.71. The zero-order chi connectivity index (χ0) is 9.64. The van der Waals surface area contributed by atoms with E-state index in [9.17, 15) is 0 Å². The average Bonchev–Trinajstić information content (AvgIpc) is 2.48. The van der Waals surface area contributed by atoms with E-state index in [1.807, 2.05) is 6.07 Å². The molecule has 0 amide bonds. The molecule has 0 spiro atoms. The summed E-state index contributed by atoms with van der Waals surface area (Å²) in [5.41, 5.74) is 1.21. The van der Waals surface area contributed by atoms with Crippen LogP contribution < -0.4 is 5.32 Å². The second-order valence-electron chi connectivity index (χ2n) is 3.21. The predicted octanol–water partition coefficient (Wildman–Crippen LogP) is 3.23. The molecule has 0 aromatic heterocycles. The Morgan fingerprint density at radius 3 is 2.86 bits per heavy atom. The molecule has 2 atom stereocenters. The van der Waals surface area contributed by atoms with Crippen LogP contribution in [0.25, 0.3) is 0 Å². The van der Waals surface area contributed by atoms with Crippen molar-refractivity contribution in [2.24, 2.45) is 0 Å². The van der Waals surface area contributed by atoms with E-state index in [4.69, 9.17) is 0 Å². The summed E-state index contributed by atoms with van der Waals surface area (Å²) in [6, 6.07) is 10.4. The highest BCUT2D eigenvalue weighted by molar-refractivity contribution is 7.39. The van der Waals surface area contributed by atoms with Gasteiger partial charge >= 0.3 is 0 Å². The fourth-order valence-electron chi connectivity index (χ4n) is 1.40. The van der Waals surface area contributed by atoms with E-state index in [1.165, 1.54) is 11.8 Å². The Morgan fingerprint density at radius 2 is 2.00 bits per heavy atom. The van der Waals surface area contributed by atoms with Gasteiger partial charge < -0.3 is 5.32 Å². The fourth-order valence-corrected chi connectivity index (χ4v) is 2.44. The number of hydrogen-bond donors (Lipinski definition) is 1. The maximum absolute atomic E-state index is 3.51. The first-order chi connectivity index (χ1) is 6.95. The molecular weight excluding hydrogens is 189 g/mol. The molecule has 1 aliphatic rings. The first kappa shape index (κ1) is 9.48. The quantitative estimate of drug-likeness (QED) is 0.727. The summed E-state index contributed by atoms with van der Waals surface area (Å²) in [6.07, 6.45) is 9.88. The van der Waals surface area contributed by atoms with Crippen LogP contribution in [0.1, 0.15) is 0 Å². The van der Waals surface area contributed by atoms with Gasteiger partial charge in [0.1, 0.15) is 0 Å². The lowest BCUT2D eigenvalue weighted by atomic mass is 10.3. The zero-order valence-corrected chi connectivity index (χ0v) is 8.98. The first-order valence-electron chi connectivity index (χ1n) is 4.83. The Morgan fingerprint density at radius 1 is 1.14 bits per heavy atom. The lowest BCUT2D eigenvalue weighted by Gasteiger charge is -2.14. The molecule has 14 heavy (non-hydrogen) atoms. The van der Waals surface area contributed by atoms with E-state index in [2.05, 4.69) is 53.9 Å². The zero-order valence-electron chi connectivity index (χ0n) is 7.98. The third-order valence-corrected chi connectivity index (χ3v) is 3.35. The molecule has 1 aliphatic heterocycles. The van der Waals surface area contributed by atoms with Gasteiger partial charge in [-0.2, -0.15) is 0 Å². The van der Waals surface area contributed by atoms with Crippen LogP contribution >= 0.6 is 8.58 Å². The van der Waals surface area contributed by atoms with Crippen LogP contribution in [0.5, 0.6) is 0 Å². The lowest BCUT2D eigenvalue weighted by Crippen LogP contribution is -2.10. The summed E-state index contributed by atoms with van der Waals surface area (Å²) in [6.45, 7) is 0. The standard InChI is InChI=1S/C12H14NP/c1-3-7-11(8-4-1)13-12-9-5-2-6-10-14-12/h1-9,12-14H,10H2. The maximum Gasteiger partial charge on any atom is 0.0618 e. The molecule has 1 aromatic rings. The van der Waals surface area contributed by atoms with Gasteiger partial charge in [0.15, 0.2) is 0 Å². The molecule has 0 saturated heterocycles. The van der Waals surface area contributed by atoms with Gasteiger partial charge in [-0.25, -0.2) is 0 Å². The number of hydrogen-bond acceptors (Lipinski definition) is 1. The Bertz CT molecular complexity index is 329. The van der Waals surface area contributed by atoms with E-state index in [0.29, 0.717) is 5.78 Å². The lowest BCUT2D eigenvalue weighted by molar-refractivity contribution is 1.24. The average molecular weight is 203 g/mol. The Labute approximate surface area is 86.7 Å². The van der Waals surface area contributed by atoms with Crippen molar-refractivity contribution in [1.29, 1.82) is 0 Å². The summed E-state index contributed by atoms with van der Waals surface area (Å²) in [7, 11) is 0.927. The number of nitrogens with one attached hydrogen (secondary N) is 1. The molecule has 2 unspecified atom stereocenters. The molecule has 1 aromatic carbocycles. The molecule has 0 fully saturated rings. The summed E-state index contributed by atoms with van der Waals surface area (Å²) in [5.74, 6) is 0.493. The van der Waals surface area contributed by atoms with Gasteiger partial charge in [0.25, 0.3) is 0 Å². The van der Waals surface area contributed by atoms with Crippen LogP contribution in [0.3, 0.4) is 0 Å². The summed E-state index contributed by atoms with van der Waals surface area (Å²) in [4.78, 5) is 0. The normalized spacial score (nSPS) is 22.1. The minimum atomic E-state index is 0.493. The van der Waals surface area contributed by atoms with Crippen molar-refractivity contribution in [2.75, 3.05) is 11.5 Å².